The van der Waals surface area contributed by atoms with Gasteiger partial charge in [-0.05, 0) is 62.5 Å². The highest BCUT2D eigenvalue weighted by Gasteiger charge is 2.23. The number of nitrogen functional groups attached to an aromatic ring is 1. The van der Waals surface area contributed by atoms with E-state index in [-0.39, 0.29) is 5.91 Å². The first-order valence-electron chi connectivity index (χ1n) is 7.65. The smallest absolute Gasteiger partial charge is 0.228 e. The highest BCUT2D eigenvalue weighted by atomic mass is 16.2. The van der Waals surface area contributed by atoms with Crippen LogP contribution in [-0.2, 0) is 11.2 Å². The normalized spacial score (nSPS) is 19.1. The van der Waals surface area contributed by atoms with Gasteiger partial charge in [-0.25, -0.2) is 0 Å². The molecule has 0 atom stereocenters. The van der Waals surface area contributed by atoms with E-state index in [1.165, 1.54) is 18.4 Å². The summed E-state index contributed by atoms with van der Waals surface area (Å²) in [4.78, 5) is 16.8. The molecule has 4 nitrogen and oxygen atoms in total. The first kappa shape index (κ1) is 13.4. The van der Waals surface area contributed by atoms with Crippen molar-refractivity contribution in [2.75, 3.05) is 36.8 Å². The van der Waals surface area contributed by atoms with Crippen molar-refractivity contribution in [3.05, 3.63) is 23.8 Å². The maximum absolute atomic E-state index is 12.5. The van der Waals surface area contributed by atoms with Gasteiger partial charge in [0, 0.05) is 30.9 Å². The van der Waals surface area contributed by atoms with Gasteiger partial charge in [0.05, 0.1) is 0 Å². The quantitative estimate of drug-likeness (QED) is 0.857. The van der Waals surface area contributed by atoms with Crippen LogP contribution in [0.1, 0.15) is 31.2 Å². The largest absolute Gasteiger partial charge is 0.399 e. The Balaban J connectivity index is 1.66. The monoisotopic (exact) mass is 273 g/mol. The molecular formula is C16H23N3O. The number of hydrogen-bond donors (Lipinski definition) is 1. The number of nitrogens with zero attached hydrogens (tertiary/aromatic N) is 2. The molecule has 1 fully saturated rings. The first-order chi connectivity index (χ1) is 9.74. The molecule has 1 aromatic rings. The molecule has 108 valence electrons. The molecule has 3 rings (SSSR count). The molecule has 2 aliphatic rings. The summed E-state index contributed by atoms with van der Waals surface area (Å²) in [6, 6.07) is 5.90. The van der Waals surface area contributed by atoms with E-state index in [9.17, 15) is 4.79 Å². The van der Waals surface area contributed by atoms with Crippen molar-refractivity contribution in [2.24, 2.45) is 0 Å². The second-order valence-corrected chi connectivity index (χ2v) is 5.84. The number of aryl methyl sites for hydroxylation is 1. The summed E-state index contributed by atoms with van der Waals surface area (Å²) in [5.41, 5.74) is 8.90. The minimum absolute atomic E-state index is 0.252. The van der Waals surface area contributed by atoms with E-state index in [0.717, 1.165) is 50.4 Å². The van der Waals surface area contributed by atoms with E-state index < -0.39 is 0 Å². The molecule has 20 heavy (non-hydrogen) atoms. The molecule has 0 aliphatic carbocycles. The van der Waals surface area contributed by atoms with Crippen LogP contribution in [-0.4, -0.2) is 37.0 Å². The Labute approximate surface area is 120 Å². The highest BCUT2D eigenvalue weighted by Crippen LogP contribution is 2.29. The maximum Gasteiger partial charge on any atom is 0.228 e. The number of benzene rings is 1. The first-order valence-corrected chi connectivity index (χ1v) is 7.65. The van der Waals surface area contributed by atoms with Crippen LogP contribution in [0.4, 0.5) is 11.4 Å². The second-order valence-electron chi connectivity index (χ2n) is 5.84. The third kappa shape index (κ3) is 2.80. The van der Waals surface area contributed by atoms with Crippen molar-refractivity contribution in [1.82, 2.24) is 4.90 Å². The fraction of sp³-hybridized carbons (Fsp3) is 0.562. The number of rotatable bonds is 3. The van der Waals surface area contributed by atoms with Crippen LogP contribution >= 0.6 is 0 Å². The van der Waals surface area contributed by atoms with Gasteiger partial charge in [-0.3, -0.25) is 4.79 Å². The highest BCUT2D eigenvalue weighted by molar-refractivity contribution is 5.94. The minimum atomic E-state index is 0.252. The molecule has 0 unspecified atom stereocenters. The number of nitrogens with two attached hydrogens (primary N) is 1. The van der Waals surface area contributed by atoms with Crippen molar-refractivity contribution in [1.29, 1.82) is 0 Å². The molecule has 1 amide bonds. The summed E-state index contributed by atoms with van der Waals surface area (Å²) in [5.74, 6) is 0.252. The van der Waals surface area contributed by atoms with Crippen LogP contribution in [0.3, 0.4) is 0 Å². The Morgan fingerprint density at radius 1 is 1.15 bits per heavy atom. The summed E-state index contributed by atoms with van der Waals surface area (Å²) in [6.07, 6.45) is 5.24. The lowest BCUT2D eigenvalue weighted by Gasteiger charge is -2.30. The van der Waals surface area contributed by atoms with Gasteiger partial charge >= 0.3 is 0 Å². The molecule has 0 saturated carbocycles. The number of hydrogen-bond acceptors (Lipinski definition) is 3. The van der Waals surface area contributed by atoms with Crippen molar-refractivity contribution in [3.63, 3.8) is 0 Å². The molecule has 1 aromatic carbocycles. The third-order valence-electron chi connectivity index (χ3n) is 4.36. The summed E-state index contributed by atoms with van der Waals surface area (Å²) >= 11 is 0. The average molecular weight is 273 g/mol. The van der Waals surface area contributed by atoms with Crippen LogP contribution < -0.4 is 10.6 Å². The number of carbonyl (C=O) groups is 1. The van der Waals surface area contributed by atoms with E-state index in [4.69, 9.17) is 5.73 Å². The van der Waals surface area contributed by atoms with E-state index in [1.54, 1.807) is 0 Å². The molecule has 0 bridgehead atoms. The number of amides is 1. The van der Waals surface area contributed by atoms with Crippen molar-refractivity contribution >= 4 is 17.3 Å². The topological polar surface area (TPSA) is 49.6 Å². The second kappa shape index (κ2) is 5.83. The molecule has 4 heteroatoms. The number of carbonyl (C=O) groups excluding carboxylic acids is 1. The van der Waals surface area contributed by atoms with Gasteiger partial charge in [-0.15, -0.1) is 0 Å². The maximum atomic E-state index is 12.5. The molecule has 2 aliphatic heterocycles. The van der Waals surface area contributed by atoms with E-state index in [0.29, 0.717) is 6.42 Å². The molecule has 0 spiro atoms. The molecular weight excluding hydrogens is 250 g/mol. The zero-order chi connectivity index (χ0) is 13.9. The Morgan fingerprint density at radius 3 is 2.75 bits per heavy atom. The minimum Gasteiger partial charge on any atom is -0.399 e. The van der Waals surface area contributed by atoms with Gasteiger partial charge in [-0.2, -0.15) is 0 Å². The molecule has 0 radical (unpaired) electrons. The number of anilines is 2. The SMILES string of the molecule is Nc1ccc2c(c1)CCCN2C(=O)CCN1CCCC1. The number of likely N-dealkylation sites (tertiary alicyclic amines) is 1. The zero-order valence-corrected chi connectivity index (χ0v) is 12.0. The average Bonchev–Trinajstić information content (AvgIpc) is 2.97. The lowest BCUT2D eigenvalue weighted by molar-refractivity contribution is -0.119. The van der Waals surface area contributed by atoms with E-state index >= 15 is 0 Å². The van der Waals surface area contributed by atoms with Gasteiger partial charge in [0.25, 0.3) is 0 Å². The summed E-state index contributed by atoms with van der Waals surface area (Å²) in [7, 11) is 0. The number of fused-ring (bicyclic) bond motifs is 1. The van der Waals surface area contributed by atoms with Gasteiger partial charge in [0.1, 0.15) is 0 Å². The van der Waals surface area contributed by atoms with Crippen molar-refractivity contribution < 1.29 is 4.79 Å². The predicted molar refractivity (Wildman–Crippen MR) is 81.8 cm³/mol. The summed E-state index contributed by atoms with van der Waals surface area (Å²) in [6.45, 7) is 4.05. The third-order valence-corrected chi connectivity index (χ3v) is 4.36. The molecule has 2 N–H and O–H groups in total. The van der Waals surface area contributed by atoms with Gasteiger partial charge < -0.3 is 15.5 Å². The summed E-state index contributed by atoms with van der Waals surface area (Å²) in [5, 5.41) is 0. The Bertz CT molecular complexity index is 494. The lowest BCUT2D eigenvalue weighted by atomic mass is 10.0. The fourth-order valence-corrected chi connectivity index (χ4v) is 3.27. The fourth-order valence-electron chi connectivity index (χ4n) is 3.27. The van der Waals surface area contributed by atoms with Crippen LogP contribution in [0, 0.1) is 0 Å². The van der Waals surface area contributed by atoms with Gasteiger partial charge in [0.2, 0.25) is 5.91 Å². The van der Waals surface area contributed by atoms with E-state index in [2.05, 4.69) is 4.90 Å². The van der Waals surface area contributed by atoms with Crippen molar-refractivity contribution in [2.45, 2.75) is 32.1 Å². The molecule has 1 saturated heterocycles. The van der Waals surface area contributed by atoms with Crippen molar-refractivity contribution in [3.8, 4) is 0 Å². The lowest BCUT2D eigenvalue weighted by Crippen LogP contribution is -2.37. The molecule has 0 aromatic heterocycles. The standard InChI is InChI=1S/C16H23N3O/c17-14-5-6-15-13(12-14)4-3-10-19(15)16(20)7-11-18-8-1-2-9-18/h5-6,12H,1-4,7-11,17H2. The van der Waals surface area contributed by atoms with Crippen LogP contribution in [0.15, 0.2) is 18.2 Å². The van der Waals surface area contributed by atoms with Crippen LogP contribution in [0.2, 0.25) is 0 Å². The van der Waals surface area contributed by atoms with E-state index in [1.807, 2.05) is 23.1 Å². The van der Waals surface area contributed by atoms with Gasteiger partial charge in [-0.1, -0.05) is 0 Å². The zero-order valence-electron chi connectivity index (χ0n) is 12.0. The Hall–Kier alpha value is -1.55. The Morgan fingerprint density at radius 2 is 1.95 bits per heavy atom. The predicted octanol–water partition coefficient (Wildman–Crippen LogP) is 2.03. The molecule has 2 heterocycles. The van der Waals surface area contributed by atoms with Gasteiger partial charge in [0.15, 0.2) is 0 Å². The van der Waals surface area contributed by atoms with Crippen LogP contribution in [0.25, 0.3) is 0 Å². The van der Waals surface area contributed by atoms with Crippen LogP contribution in [0.5, 0.6) is 0 Å². The summed E-state index contributed by atoms with van der Waals surface area (Å²) < 4.78 is 0. The Kier molecular flexibility index (Phi) is 3.92.